The summed E-state index contributed by atoms with van der Waals surface area (Å²) in [5, 5.41) is 19.8. The molecule has 0 aliphatic rings. The van der Waals surface area contributed by atoms with Crippen molar-refractivity contribution >= 4 is 23.1 Å². The first-order chi connectivity index (χ1) is 13.6. The van der Waals surface area contributed by atoms with E-state index in [1.165, 1.54) is 12.2 Å². The number of benzene rings is 2. The van der Waals surface area contributed by atoms with E-state index in [0.29, 0.717) is 24.0 Å². The highest BCUT2D eigenvalue weighted by molar-refractivity contribution is 5.95. The molecule has 0 radical (unpaired) electrons. The van der Waals surface area contributed by atoms with Crippen LogP contribution < -0.4 is 0 Å². The molecule has 0 atom stereocenters. The second-order valence-electron chi connectivity index (χ2n) is 6.64. The van der Waals surface area contributed by atoms with Gasteiger partial charge in [0.1, 0.15) is 11.5 Å². The molecular formula is C24H26O4. The zero-order valence-corrected chi connectivity index (χ0v) is 15.9. The maximum Gasteiger partial charge on any atom is 0.159 e. The molecule has 0 spiro atoms. The average Bonchev–Trinajstić information content (AvgIpc) is 2.71. The highest BCUT2D eigenvalue weighted by Gasteiger charge is 2.05. The third kappa shape index (κ3) is 7.62. The van der Waals surface area contributed by atoms with Gasteiger partial charge >= 0.3 is 0 Å². The molecule has 0 aromatic heterocycles. The molecule has 2 aromatic rings. The van der Waals surface area contributed by atoms with Gasteiger partial charge in [-0.25, -0.2) is 0 Å². The van der Waals surface area contributed by atoms with E-state index >= 15 is 0 Å². The summed E-state index contributed by atoms with van der Waals surface area (Å²) in [5.41, 5.74) is 1.25. The number of unbranched alkanes of at least 4 members (excludes halogenated alkanes) is 3. The average molecular weight is 378 g/mol. The van der Waals surface area contributed by atoms with Crippen LogP contribution in [0.1, 0.15) is 49.7 Å². The van der Waals surface area contributed by atoms with Gasteiger partial charge < -0.3 is 10.2 Å². The molecule has 0 aliphatic heterocycles. The van der Waals surface area contributed by atoms with Crippen molar-refractivity contribution in [2.75, 3.05) is 0 Å². The van der Waals surface area contributed by atoms with Crippen LogP contribution in [0.5, 0.6) is 0 Å². The van der Waals surface area contributed by atoms with E-state index in [-0.39, 0.29) is 23.1 Å². The first kappa shape index (κ1) is 21.2. The second kappa shape index (κ2) is 11.5. The van der Waals surface area contributed by atoms with Gasteiger partial charge in [0.05, 0.1) is 0 Å². The Kier molecular flexibility index (Phi) is 8.73. The fraction of sp³-hybridized carbons (Fsp3) is 0.250. The third-order valence-electron chi connectivity index (χ3n) is 4.33. The third-order valence-corrected chi connectivity index (χ3v) is 4.33. The molecule has 146 valence electrons. The maximum absolute atomic E-state index is 11.9. The minimum Gasteiger partial charge on any atom is -0.507 e. The van der Waals surface area contributed by atoms with Crippen molar-refractivity contribution < 1.29 is 19.8 Å². The number of hydrogen-bond acceptors (Lipinski definition) is 4. The van der Waals surface area contributed by atoms with Crippen molar-refractivity contribution in [1.29, 1.82) is 0 Å². The van der Waals surface area contributed by atoms with E-state index in [0.717, 1.165) is 25.7 Å². The maximum atomic E-state index is 11.9. The van der Waals surface area contributed by atoms with Crippen LogP contribution in [0.15, 0.2) is 72.8 Å². The van der Waals surface area contributed by atoms with E-state index < -0.39 is 0 Å². The summed E-state index contributed by atoms with van der Waals surface area (Å²) in [5.74, 6) is -0.233. The predicted molar refractivity (Wildman–Crippen MR) is 112 cm³/mol. The molecule has 4 nitrogen and oxygen atoms in total. The smallest absolute Gasteiger partial charge is 0.159 e. The monoisotopic (exact) mass is 378 g/mol. The lowest BCUT2D eigenvalue weighted by atomic mass is 10.1. The van der Waals surface area contributed by atoms with Crippen LogP contribution in [0.2, 0.25) is 0 Å². The van der Waals surface area contributed by atoms with Gasteiger partial charge in [-0.15, -0.1) is 0 Å². The Hall–Kier alpha value is -3.14. The largest absolute Gasteiger partial charge is 0.507 e. The van der Waals surface area contributed by atoms with Crippen molar-refractivity contribution in [2.24, 2.45) is 0 Å². The number of rotatable bonds is 11. The number of hydrogen-bond donors (Lipinski definition) is 2. The summed E-state index contributed by atoms with van der Waals surface area (Å²) in [6.07, 6.45) is 6.42. The molecule has 0 heterocycles. The number of aliphatic hydroxyl groups is 2. The lowest BCUT2D eigenvalue weighted by molar-refractivity contribution is -0.115. The van der Waals surface area contributed by atoms with Crippen LogP contribution in [0, 0.1) is 0 Å². The Labute approximate surface area is 165 Å². The van der Waals surface area contributed by atoms with Crippen LogP contribution in [-0.4, -0.2) is 21.8 Å². The topological polar surface area (TPSA) is 74.6 Å². The molecule has 0 fully saturated rings. The first-order valence-corrected chi connectivity index (χ1v) is 9.54. The highest BCUT2D eigenvalue weighted by Crippen LogP contribution is 2.14. The Bertz CT molecular complexity index is 749. The molecule has 0 unspecified atom stereocenters. The zero-order chi connectivity index (χ0) is 20.2. The molecule has 0 aliphatic carbocycles. The molecule has 2 N–H and O–H groups in total. The Morgan fingerprint density at radius 3 is 1.32 bits per heavy atom. The van der Waals surface area contributed by atoms with Crippen LogP contribution in [-0.2, 0) is 9.59 Å². The van der Waals surface area contributed by atoms with Gasteiger partial charge in [-0.1, -0.05) is 73.5 Å². The molecule has 4 heteroatoms. The summed E-state index contributed by atoms with van der Waals surface area (Å²) in [7, 11) is 0. The Balaban J connectivity index is 1.62. The SMILES string of the molecule is O=C(C=C(O)c1ccccc1)CCCCCCC(=O)C=C(O)c1ccccc1. The van der Waals surface area contributed by atoms with Gasteiger partial charge in [0.15, 0.2) is 11.6 Å². The van der Waals surface area contributed by atoms with E-state index in [9.17, 15) is 19.8 Å². The van der Waals surface area contributed by atoms with Gasteiger partial charge in [0.2, 0.25) is 0 Å². The lowest BCUT2D eigenvalue weighted by Crippen LogP contribution is -1.97. The number of allylic oxidation sites excluding steroid dienone is 2. The summed E-state index contributed by atoms with van der Waals surface area (Å²) < 4.78 is 0. The quantitative estimate of drug-likeness (QED) is 0.300. The summed E-state index contributed by atoms with van der Waals surface area (Å²) in [6.45, 7) is 0. The Morgan fingerprint density at radius 2 is 0.964 bits per heavy atom. The van der Waals surface area contributed by atoms with Crippen molar-refractivity contribution in [3.63, 3.8) is 0 Å². The molecular weight excluding hydrogens is 352 g/mol. The van der Waals surface area contributed by atoms with E-state index in [1.807, 2.05) is 12.1 Å². The number of ketones is 2. The molecule has 0 amide bonds. The minimum absolute atomic E-state index is 0.0128. The zero-order valence-electron chi connectivity index (χ0n) is 15.9. The van der Waals surface area contributed by atoms with E-state index in [1.54, 1.807) is 48.5 Å². The normalized spacial score (nSPS) is 12.0. The number of carbonyl (C=O) groups is 2. The van der Waals surface area contributed by atoms with Crippen LogP contribution in [0.4, 0.5) is 0 Å². The minimum atomic E-state index is -0.104. The van der Waals surface area contributed by atoms with Gasteiger partial charge in [0.25, 0.3) is 0 Å². The molecule has 0 saturated heterocycles. The van der Waals surface area contributed by atoms with Gasteiger partial charge in [-0.2, -0.15) is 0 Å². The van der Waals surface area contributed by atoms with Gasteiger partial charge in [-0.05, 0) is 12.8 Å². The van der Waals surface area contributed by atoms with Crippen molar-refractivity contribution in [3.8, 4) is 0 Å². The van der Waals surface area contributed by atoms with E-state index in [2.05, 4.69) is 0 Å². The molecule has 0 saturated carbocycles. The number of aliphatic hydroxyl groups excluding tert-OH is 2. The summed E-state index contributed by atoms with van der Waals surface area (Å²) >= 11 is 0. The molecule has 0 bridgehead atoms. The fourth-order valence-corrected chi connectivity index (χ4v) is 2.79. The van der Waals surface area contributed by atoms with Crippen LogP contribution in [0.25, 0.3) is 11.5 Å². The summed E-state index contributed by atoms with van der Waals surface area (Å²) in [4.78, 5) is 23.8. The molecule has 28 heavy (non-hydrogen) atoms. The predicted octanol–water partition coefficient (Wildman–Crippen LogP) is 5.66. The standard InChI is InChI=1S/C24H26O4/c25-21(17-23(27)19-11-5-3-6-12-19)15-9-1-2-10-16-22(26)18-24(28)20-13-7-4-8-14-20/h3-8,11-14,17-18,27-28H,1-2,9-10,15-16H2. The molecule has 2 aromatic carbocycles. The van der Waals surface area contributed by atoms with Gasteiger partial charge in [0, 0.05) is 36.1 Å². The van der Waals surface area contributed by atoms with Gasteiger partial charge in [-0.3, -0.25) is 9.59 Å². The van der Waals surface area contributed by atoms with Crippen LogP contribution in [0.3, 0.4) is 0 Å². The van der Waals surface area contributed by atoms with Crippen molar-refractivity contribution in [2.45, 2.75) is 38.5 Å². The lowest BCUT2D eigenvalue weighted by Gasteiger charge is -2.02. The Morgan fingerprint density at radius 1 is 0.607 bits per heavy atom. The van der Waals surface area contributed by atoms with Crippen molar-refractivity contribution in [3.05, 3.63) is 83.9 Å². The summed E-state index contributed by atoms with van der Waals surface area (Å²) in [6, 6.07) is 17.9. The second-order valence-corrected chi connectivity index (χ2v) is 6.64. The van der Waals surface area contributed by atoms with Crippen molar-refractivity contribution in [1.82, 2.24) is 0 Å². The van der Waals surface area contributed by atoms with Crippen LogP contribution >= 0.6 is 0 Å². The number of carbonyl (C=O) groups excluding carboxylic acids is 2. The first-order valence-electron chi connectivity index (χ1n) is 9.54. The van der Waals surface area contributed by atoms with E-state index in [4.69, 9.17) is 0 Å². The molecule has 2 rings (SSSR count). The highest BCUT2D eigenvalue weighted by atomic mass is 16.3. The fourth-order valence-electron chi connectivity index (χ4n) is 2.79.